The zero-order chi connectivity index (χ0) is 19.5. The van der Waals surface area contributed by atoms with Gasteiger partial charge in [-0.15, -0.1) is 11.3 Å². The van der Waals surface area contributed by atoms with Crippen molar-refractivity contribution in [2.24, 2.45) is 0 Å². The molecule has 2 aromatic heterocycles. The first kappa shape index (κ1) is 18.2. The van der Waals surface area contributed by atoms with E-state index in [1.807, 2.05) is 80.6 Å². The number of amides is 1. The number of furan rings is 1. The maximum atomic E-state index is 13.6. The van der Waals surface area contributed by atoms with Crippen molar-refractivity contribution >= 4 is 22.9 Å². The van der Waals surface area contributed by atoms with Gasteiger partial charge in [0.05, 0.1) is 22.7 Å². The van der Waals surface area contributed by atoms with Crippen LogP contribution in [-0.2, 0) is 6.54 Å². The van der Waals surface area contributed by atoms with E-state index in [1.54, 1.807) is 11.2 Å². The predicted molar refractivity (Wildman–Crippen MR) is 113 cm³/mol. The summed E-state index contributed by atoms with van der Waals surface area (Å²) in [7, 11) is 0. The van der Waals surface area contributed by atoms with Crippen LogP contribution in [-0.4, -0.2) is 10.9 Å². The van der Waals surface area contributed by atoms with Crippen LogP contribution in [0.2, 0.25) is 0 Å². The lowest BCUT2D eigenvalue weighted by Gasteiger charge is -2.22. The fourth-order valence-corrected chi connectivity index (χ4v) is 3.96. The highest BCUT2D eigenvalue weighted by Gasteiger charge is 2.25. The fourth-order valence-electron chi connectivity index (χ4n) is 3.05. The van der Waals surface area contributed by atoms with Gasteiger partial charge >= 0.3 is 0 Å². The number of benzene rings is 2. The summed E-state index contributed by atoms with van der Waals surface area (Å²) in [4.78, 5) is 20.8. The van der Waals surface area contributed by atoms with E-state index in [9.17, 15) is 4.79 Å². The van der Waals surface area contributed by atoms with E-state index >= 15 is 0 Å². The van der Waals surface area contributed by atoms with E-state index in [-0.39, 0.29) is 5.91 Å². The number of carbonyl (C=O) groups excluding carboxylic acids is 1. The summed E-state index contributed by atoms with van der Waals surface area (Å²) in [5.74, 6) is 0.589. The molecule has 0 aliphatic carbocycles. The molecule has 140 valence electrons. The van der Waals surface area contributed by atoms with E-state index in [2.05, 4.69) is 4.98 Å². The summed E-state index contributed by atoms with van der Waals surface area (Å²) in [5, 5.41) is 0.865. The van der Waals surface area contributed by atoms with Crippen LogP contribution >= 0.6 is 11.3 Å². The number of thiazole rings is 1. The Kier molecular flexibility index (Phi) is 5.08. The van der Waals surface area contributed by atoms with Gasteiger partial charge in [0.15, 0.2) is 0 Å². The SMILES string of the molecule is Cc1ccc(N(Cc2ccco2)C(=O)c2nc(C)sc2-c2ccccc2)cc1. The normalized spacial score (nSPS) is 10.8. The first-order valence-electron chi connectivity index (χ1n) is 9.05. The summed E-state index contributed by atoms with van der Waals surface area (Å²) in [6.45, 7) is 4.30. The van der Waals surface area contributed by atoms with Crippen molar-refractivity contribution in [3.8, 4) is 10.4 Å². The number of nitrogens with zero attached hydrogens (tertiary/aromatic N) is 2. The Labute approximate surface area is 168 Å². The van der Waals surface area contributed by atoms with Gasteiger partial charge in [-0.25, -0.2) is 4.98 Å². The molecule has 4 nitrogen and oxygen atoms in total. The fraction of sp³-hybridized carbons (Fsp3) is 0.130. The second kappa shape index (κ2) is 7.82. The molecular formula is C23H20N2O2S. The highest BCUT2D eigenvalue weighted by atomic mass is 32.1. The van der Waals surface area contributed by atoms with Gasteiger partial charge in [0.1, 0.15) is 11.5 Å². The Morgan fingerprint density at radius 2 is 1.75 bits per heavy atom. The molecule has 4 rings (SSSR count). The third-order valence-electron chi connectivity index (χ3n) is 4.46. The molecule has 0 atom stereocenters. The van der Waals surface area contributed by atoms with Crippen LogP contribution in [0.1, 0.15) is 26.8 Å². The maximum Gasteiger partial charge on any atom is 0.278 e. The van der Waals surface area contributed by atoms with Gasteiger partial charge in [-0.2, -0.15) is 0 Å². The van der Waals surface area contributed by atoms with Crippen LogP contribution in [0, 0.1) is 13.8 Å². The minimum Gasteiger partial charge on any atom is -0.467 e. The van der Waals surface area contributed by atoms with Gasteiger partial charge < -0.3 is 4.42 Å². The van der Waals surface area contributed by atoms with E-state index in [1.165, 1.54) is 11.3 Å². The van der Waals surface area contributed by atoms with Crippen molar-refractivity contribution < 1.29 is 9.21 Å². The minimum absolute atomic E-state index is 0.136. The first-order chi connectivity index (χ1) is 13.6. The highest BCUT2D eigenvalue weighted by Crippen LogP contribution is 2.32. The molecule has 0 bridgehead atoms. The highest BCUT2D eigenvalue weighted by molar-refractivity contribution is 7.15. The van der Waals surface area contributed by atoms with Crippen molar-refractivity contribution in [2.75, 3.05) is 4.90 Å². The molecule has 0 N–H and O–H groups in total. The van der Waals surface area contributed by atoms with Gasteiger partial charge in [0.2, 0.25) is 0 Å². The van der Waals surface area contributed by atoms with Crippen LogP contribution in [0.25, 0.3) is 10.4 Å². The molecule has 2 heterocycles. The van der Waals surface area contributed by atoms with E-state index < -0.39 is 0 Å². The average Bonchev–Trinajstić information content (AvgIpc) is 3.37. The summed E-state index contributed by atoms with van der Waals surface area (Å²) in [6, 6.07) is 21.5. The van der Waals surface area contributed by atoms with E-state index in [0.29, 0.717) is 12.2 Å². The smallest absolute Gasteiger partial charge is 0.278 e. The Hall–Kier alpha value is -3.18. The molecule has 0 fully saturated rings. The third kappa shape index (κ3) is 3.75. The zero-order valence-electron chi connectivity index (χ0n) is 15.8. The second-order valence-electron chi connectivity index (χ2n) is 6.58. The monoisotopic (exact) mass is 388 g/mol. The Bertz CT molecular complexity index is 1070. The van der Waals surface area contributed by atoms with Crippen LogP contribution < -0.4 is 4.90 Å². The molecule has 2 aromatic carbocycles. The van der Waals surface area contributed by atoms with Crippen molar-refractivity contribution in [3.63, 3.8) is 0 Å². The predicted octanol–water partition coefficient (Wildman–Crippen LogP) is 5.87. The number of aryl methyl sites for hydroxylation is 2. The topological polar surface area (TPSA) is 46.3 Å². The maximum absolute atomic E-state index is 13.6. The first-order valence-corrected chi connectivity index (χ1v) is 9.87. The molecule has 0 radical (unpaired) electrons. The molecule has 0 spiro atoms. The van der Waals surface area contributed by atoms with Crippen molar-refractivity contribution in [2.45, 2.75) is 20.4 Å². The molecule has 0 unspecified atom stereocenters. The van der Waals surface area contributed by atoms with Gasteiger partial charge in [0, 0.05) is 5.69 Å². The minimum atomic E-state index is -0.136. The van der Waals surface area contributed by atoms with Crippen molar-refractivity contribution in [1.82, 2.24) is 4.98 Å². The zero-order valence-corrected chi connectivity index (χ0v) is 16.6. The number of hydrogen-bond donors (Lipinski definition) is 0. The lowest BCUT2D eigenvalue weighted by Crippen LogP contribution is -2.31. The largest absolute Gasteiger partial charge is 0.467 e. The number of aromatic nitrogens is 1. The number of rotatable bonds is 5. The van der Waals surface area contributed by atoms with Gasteiger partial charge in [-0.1, -0.05) is 48.0 Å². The second-order valence-corrected chi connectivity index (χ2v) is 7.79. The van der Waals surface area contributed by atoms with Gasteiger partial charge in [-0.05, 0) is 43.7 Å². The molecule has 0 aliphatic heterocycles. The molecule has 0 saturated carbocycles. The van der Waals surface area contributed by atoms with Crippen molar-refractivity contribution in [3.05, 3.63) is 95.0 Å². The number of anilines is 1. The molecule has 0 saturated heterocycles. The third-order valence-corrected chi connectivity index (χ3v) is 5.48. The average molecular weight is 388 g/mol. The lowest BCUT2D eigenvalue weighted by molar-refractivity contribution is 0.0979. The molecule has 28 heavy (non-hydrogen) atoms. The lowest BCUT2D eigenvalue weighted by atomic mass is 10.1. The van der Waals surface area contributed by atoms with Crippen molar-refractivity contribution in [1.29, 1.82) is 0 Å². The molecule has 1 amide bonds. The Morgan fingerprint density at radius 3 is 2.43 bits per heavy atom. The number of hydrogen-bond acceptors (Lipinski definition) is 4. The van der Waals surface area contributed by atoms with Crippen LogP contribution in [0.3, 0.4) is 0 Å². The summed E-state index contributed by atoms with van der Waals surface area (Å²) in [6.07, 6.45) is 1.62. The van der Waals surface area contributed by atoms with Crippen LogP contribution in [0.15, 0.2) is 77.4 Å². The molecule has 0 aliphatic rings. The Morgan fingerprint density at radius 1 is 1.00 bits per heavy atom. The van der Waals surface area contributed by atoms with Gasteiger partial charge in [-0.3, -0.25) is 9.69 Å². The van der Waals surface area contributed by atoms with Gasteiger partial charge in [0.25, 0.3) is 5.91 Å². The summed E-state index contributed by atoms with van der Waals surface area (Å²) >= 11 is 1.54. The molecule has 4 aromatic rings. The standard InChI is InChI=1S/C23H20N2O2S/c1-16-10-12-19(13-11-16)25(15-20-9-6-14-27-20)23(26)21-22(28-17(2)24-21)18-7-4-3-5-8-18/h3-14H,15H2,1-2H3. The molecule has 5 heteroatoms. The summed E-state index contributed by atoms with van der Waals surface area (Å²) in [5.41, 5.74) is 3.43. The van der Waals surface area contributed by atoms with E-state index in [4.69, 9.17) is 4.42 Å². The quantitative estimate of drug-likeness (QED) is 0.430. The Balaban J connectivity index is 1.77. The van der Waals surface area contributed by atoms with Crippen LogP contribution in [0.4, 0.5) is 5.69 Å². The summed E-state index contributed by atoms with van der Waals surface area (Å²) < 4.78 is 5.50. The number of carbonyl (C=O) groups is 1. The van der Waals surface area contributed by atoms with E-state index in [0.717, 1.165) is 32.5 Å². The molecular weight excluding hydrogens is 368 g/mol. The van der Waals surface area contributed by atoms with Crippen LogP contribution in [0.5, 0.6) is 0 Å².